The van der Waals surface area contributed by atoms with Gasteiger partial charge in [0, 0.05) is 43.4 Å². The lowest BCUT2D eigenvalue weighted by Gasteiger charge is -2.11. The Balaban J connectivity index is 1.29. The number of para-hydroxylation sites is 2. The molecule has 4 aromatic heterocycles. The summed E-state index contributed by atoms with van der Waals surface area (Å²) in [5.41, 5.74) is -0.248. The van der Waals surface area contributed by atoms with Gasteiger partial charge in [0.05, 0.1) is 31.6 Å². The second kappa shape index (κ2) is 10.7. The van der Waals surface area contributed by atoms with Crippen LogP contribution in [-0.4, -0.2) is 19.5 Å². The smallest absolute Gasteiger partial charge is 0.238 e. The number of benzene rings is 7. The van der Waals surface area contributed by atoms with E-state index in [0.717, 1.165) is 0 Å². The molecule has 0 aliphatic carbocycles. The number of rotatable bonds is 4. The van der Waals surface area contributed by atoms with E-state index in [9.17, 15) is 6.85 Å². The molecule has 0 atom stereocenters. The van der Waals surface area contributed by atoms with Crippen LogP contribution in [0.15, 0.2) is 166 Å². The second-order valence-electron chi connectivity index (χ2n) is 11.7. The minimum Gasteiger partial charge on any atom is -0.456 e. The summed E-state index contributed by atoms with van der Waals surface area (Å²) in [6.07, 6.45) is 0. The third-order valence-corrected chi connectivity index (χ3v) is 8.73. The van der Waals surface area contributed by atoms with Crippen LogP contribution in [-0.2, 0) is 0 Å². The van der Waals surface area contributed by atoms with E-state index in [1.165, 1.54) is 10.6 Å². The number of hydrogen-bond acceptors (Lipinski definition) is 5. The summed E-state index contributed by atoms with van der Waals surface area (Å²) in [7, 11) is 0. The molecule has 11 rings (SSSR count). The zero-order valence-electron chi connectivity index (χ0n) is 41.0. The van der Waals surface area contributed by atoms with Gasteiger partial charge in [-0.05, 0) is 53.4 Å². The molecule has 0 amide bonds. The maximum Gasteiger partial charge on any atom is 0.238 e. The van der Waals surface area contributed by atoms with Crippen LogP contribution in [0, 0.1) is 0 Å². The van der Waals surface area contributed by atoms with Crippen LogP contribution in [0.25, 0.3) is 106 Å². The molecule has 0 saturated carbocycles. The van der Waals surface area contributed by atoms with Gasteiger partial charge in [-0.15, -0.1) is 0 Å². The summed E-state index contributed by atoms with van der Waals surface area (Å²) < 4.78 is 148. The van der Waals surface area contributed by atoms with Crippen molar-refractivity contribution in [3.05, 3.63) is 157 Å². The topological polar surface area (TPSA) is 69.9 Å². The molecular weight excluding hydrogens is 629 g/mol. The van der Waals surface area contributed by atoms with E-state index < -0.39 is 84.6 Å². The van der Waals surface area contributed by atoms with E-state index in [4.69, 9.17) is 37.5 Å². The zero-order valence-corrected chi connectivity index (χ0v) is 26.0. The third-order valence-electron chi connectivity index (χ3n) is 8.73. The third kappa shape index (κ3) is 4.26. The fraction of sp³-hybridized carbons (Fsp3) is 0. The SMILES string of the molecule is [2H]c1c([2H])c([2H])c2c(oc3cc4c5c([2H])c([2H])c([2H])c([2H])c5n(-c5nc(-c6ccccc6)nc(-c6c([2H])c([2H])c7c(oc8c([2H])c([2H])c([2H])c(-c9ccccc9)c87)c6[2H])n5)c4c([2H])c32)c1[2H]. The van der Waals surface area contributed by atoms with Gasteiger partial charge < -0.3 is 8.83 Å². The molecule has 7 aromatic carbocycles. The summed E-state index contributed by atoms with van der Waals surface area (Å²) in [5.74, 6) is -0.749. The van der Waals surface area contributed by atoms with E-state index in [2.05, 4.69) is 0 Å². The van der Waals surface area contributed by atoms with Crippen molar-refractivity contribution in [2.75, 3.05) is 0 Å². The standard InChI is InChI=1S/C45H26N4O2/c1-3-12-27(13-4-1)30-18-11-21-39-42(30)33-23-22-29(24-40(33)51-39)44-46-43(28-14-5-2-6-15-28)47-45(48-44)49-36-19-9-7-16-31(36)34-26-41-35(25-37(34)49)32-17-8-10-20-38(32)50-41/h1-26H/i7D,8D,9D,10D,11D,16D,17D,18D,19D,20D,21D,22D,23D,24D,25D. The van der Waals surface area contributed by atoms with E-state index in [0.29, 0.717) is 11.1 Å². The van der Waals surface area contributed by atoms with Crippen molar-refractivity contribution in [1.29, 1.82) is 0 Å². The quantitative estimate of drug-likeness (QED) is 0.186. The highest BCUT2D eigenvalue weighted by Gasteiger charge is 2.21. The number of hydrogen-bond donors (Lipinski definition) is 0. The zero-order chi connectivity index (χ0) is 46.5. The van der Waals surface area contributed by atoms with Crippen molar-refractivity contribution in [2.45, 2.75) is 0 Å². The van der Waals surface area contributed by atoms with Gasteiger partial charge in [0.1, 0.15) is 22.3 Å². The van der Waals surface area contributed by atoms with Crippen LogP contribution in [0.4, 0.5) is 0 Å². The average Bonchev–Trinajstić information content (AvgIpc) is 4.02. The van der Waals surface area contributed by atoms with Crippen molar-refractivity contribution >= 4 is 65.7 Å². The van der Waals surface area contributed by atoms with Crippen LogP contribution < -0.4 is 0 Å². The molecule has 0 radical (unpaired) electrons. The Morgan fingerprint density at radius 2 is 1.18 bits per heavy atom. The lowest BCUT2D eigenvalue weighted by Crippen LogP contribution is -2.06. The van der Waals surface area contributed by atoms with Crippen molar-refractivity contribution in [2.24, 2.45) is 0 Å². The minimum atomic E-state index is -0.629. The molecule has 0 bridgehead atoms. The van der Waals surface area contributed by atoms with Crippen molar-refractivity contribution < 1.29 is 29.4 Å². The first-order valence-corrected chi connectivity index (χ1v) is 15.7. The summed E-state index contributed by atoms with van der Waals surface area (Å²) in [6, 6.07) is 11.0. The molecule has 11 aromatic rings. The predicted molar refractivity (Wildman–Crippen MR) is 205 cm³/mol. The first kappa shape index (κ1) is 17.1. The highest BCUT2D eigenvalue weighted by molar-refractivity contribution is 6.17. The van der Waals surface area contributed by atoms with Crippen LogP contribution >= 0.6 is 0 Å². The monoisotopic (exact) mass is 669 g/mol. The molecule has 0 spiro atoms. The maximum atomic E-state index is 9.74. The second-order valence-corrected chi connectivity index (χ2v) is 11.7. The minimum absolute atomic E-state index is 0.0468. The fourth-order valence-corrected chi connectivity index (χ4v) is 6.47. The molecule has 4 heterocycles. The van der Waals surface area contributed by atoms with Gasteiger partial charge in [-0.25, -0.2) is 4.98 Å². The van der Waals surface area contributed by atoms with E-state index in [1.807, 2.05) is 0 Å². The summed E-state index contributed by atoms with van der Waals surface area (Å²) in [6.45, 7) is 0. The van der Waals surface area contributed by atoms with Crippen molar-refractivity contribution in [3.63, 3.8) is 0 Å². The molecule has 0 N–H and O–H groups in total. The average molecular weight is 670 g/mol. The van der Waals surface area contributed by atoms with E-state index in [1.54, 1.807) is 60.7 Å². The van der Waals surface area contributed by atoms with Gasteiger partial charge in [-0.2, -0.15) is 9.97 Å². The number of fused-ring (bicyclic) bond motifs is 9. The van der Waals surface area contributed by atoms with Gasteiger partial charge in [0.2, 0.25) is 5.95 Å². The molecule has 51 heavy (non-hydrogen) atoms. The normalized spacial score (nSPS) is 16.0. The van der Waals surface area contributed by atoms with Gasteiger partial charge in [0.15, 0.2) is 11.6 Å². The Bertz CT molecular complexity index is 4000. The highest BCUT2D eigenvalue weighted by Crippen LogP contribution is 2.40. The first-order valence-electron chi connectivity index (χ1n) is 23.2. The molecule has 0 unspecified atom stereocenters. The lowest BCUT2D eigenvalue weighted by atomic mass is 9.99. The van der Waals surface area contributed by atoms with Crippen molar-refractivity contribution in [1.82, 2.24) is 19.5 Å². The number of nitrogens with zero attached hydrogens (tertiary/aromatic N) is 4. The Labute approximate surface area is 311 Å². The molecule has 0 aliphatic rings. The summed E-state index contributed by atoms with van der Waals surface area (Å²) in [4.78, 5) is 14.2. The van der Waals surface area contributed by atoms with E-state index >= 15 is 0 Å². The highest BCUT2D eigenvalue weighted by atomic mass is 16.3. The van der Waals surface area contributed by atoms with Gasteiger partial charge in [-0.1, -0.05) is 115 Å². The Hall–Kier alpha value is -7.05. The van der Waals surface area contributed by atoms with E-state index in [-0.39, 0.29) is 100 Å². The number of furan rings is 2. The summed E-state index contributed by atoms with van der Waals surface area (Å²) >= 11 is 0. The number of aromatic nitrogens is 4. The van der Waals surface area contributed by atoms with Crippen LogP contribution in [0.1, 0.15) is 20.6 Å². The largest absolute Gasteiger partial charge is 0.456 e. The molecule has 6 nitrogen and oxygen atoms in total. The molecule has 0 fully saturated rings. The Kier molecular flexibility index (Phi) is 3.59. The van der Waals surface area contributed by atoms with Gasteiger partial charge >= 0.3 is 0 Å². The van der Waals surface area contributed by atoms with Crippen molar-refractivity contribution in [3.8, 4) is 39.9 Å². The van der Waals surface area contributed by atoms with Gasteiger partial charge in [0.25, 0.3) is 0 Å². The Morgan fingerprint density at radius 1 is 0.471 bits per heavy atom. The first-order chi connectivity index (χ1) is 31.5. The lowest BCUT2D eigenvalue weighted by molar-refractivity contribution is 0.669. The fourth-order valence-electron chi connectivity index (χ4n) is 6.47. The molecule has 238 valence electrons. The Morgan fingerprint density at radius 3 is 2.02 bits per heavy atom. The van der Waals surface area contributed by atoms with Gasteiger partial charge in [-0.3, -0.25) is 4.57 Å². The van der Waals surface area contributed by atoms with Crippen LogP contribution in [0.5, 0.6) is 0 Å². The van der Waals surface area contributed by atoms with Crippen LogP contribution in [0.2, 0.25) is 0 Å². The molecule has 0 saturated heterocycles. The molecular formula is C45H26N4O2. The molecule has 6 heteroatoms. The maximum absolute atomic E-state index is 9.74. The summed E-state index contributed by atoms with van der Waals surface area (Å²) in [5, 5.41) is -0.109. The molecule has 0 aliphatic heterocycles. The predicted octanol–water partition coefficient (Wildman–Crippen LogP) is 11.8. The van der Waals surface area contributed by atoms with Crippen LogP contribution in [0.3, 0.4) is 0 Å².